The Bertz CT molecular complexity index is 1190. The molecule has 3 aromatic rings. The summed E-state index contributed by atoms with van der Waals surface area (Å²) in [5.41, 5.74) is 1.54. The van der Waals surface area contributed by atoms with Crippen LogP contribution in [0, 0.1) is 23.6 Å². The molecule has 196 valence electrons. The molecule has 2 bridgehead atoms. The summed E-state index contributed by atoms with van der Waals surface area (Å²) < 4.78 is 20.4. The molecule has 2 aromatic carbocycles. The molecule has 3 atom stereocenters. The monoisotopic (exact) mass is 521 g/mol. The summed E-state index contributed by atoms with van der Waals surface area (Å²) in [5.74, 6) is 1.90. The zero-order valence-electron chi connectivity index (χ0n) is 21.4. The van der Waals surface area contributed by atoms with Gasteiger partial charge in [0.05, 0.1) is 19.6 Å². The van der Waals surface area contributed by atoms with Gasteiger partial charge in [0.1, 0.15) is 23.7 Å². The zero-order valence-corrected chi connectivity index (χ0v) is 22.3. The van der Waals surface area contributed by atoms with Gasteiger partial charge in [-0.05, 0) is 47.9 Å². The van der Waals surface area contributed by atoms with Crippen LogP contribution in [0.25, 0.3) is 0 Å². The van der Waals surface area contributed by atoms with Crippen molar-refractivity contribution in [1.82, 2.24) is 5.16 Å². The van der Waals surface area contributed by atoms with E-state index in [1.807, 2.05) is 48.5 Å². The number of thiol groups is 1. The first kappa shape index (κ1) is 25.1. The third-order valence-corrected chi connectivity index (χ3v) is 10.3. The molecule has 0 radical (unpaired) electrons. The summed E-state index contributed by atoms with van der Waals surface area (Å²) in [6.07, 6.45) is 7.89. The van der Waals surface area contributed by atoms with Crippen molar-refractivity contribution in [2.75, 3.05) is 19.6 Å². The Morgan fingerprint density at radius 3 is 2.41 bits per heavy atom. The van der Waals surface area contributed by atoms with Crippen LogP contribution in [-0.2, 0) is 12.1 Å². The van der Waals surface area contributed by atoms with Gasteiger partial charge in [0.25, 0.3) is 0 Å². The first-order valence-electron chi connectivity index (χ1n) is 14.0. The van der Waals surface area contributed by atoms with E-state index in [1.54, 1.807) is 12.1 Å². The lowest BCUT2D eigenvalue weighted by Crippen LogP contribution is -2.61. The maximum atomic E-state index is 13.5. The summed E-state index contributed by atoms with van der Waals surface area (Å²) in [6, 6.07) is 18.9. The summed E-state index contributed by atoms with van der Waals surface area (Å²) in [7, 11) is 0. The molecule has 4 fully saturated rings. The smallest absolute Gasteiger partial charge is 0.191 e. The Balaban J connectivity index is 1.24. The molecule has 2 unspecified atom stereocenters. The van der Waals surface area contributed by atoms with Gasteiger partial charge in [-0.1, -0.05) is 66.9 Å². The normalized spacial score (nSPS) is 28.6. The van der Waals surface area contributed by atoms with Crippen LogP contribution in [0.5, 0.6) is 0 Å². The molecule has 4 heterocycles. The SMILES string of the molecule is OC(c1ccccc1)(c1cc(C[N+]23CCC(CC2)[C@H](C(S)c2ccc(F)cc2)C3)on1)C1CCCCC1. The van der Waals surface area contributed by atoms with Gasteiger partial charge in [-0.25, -0.2) is 4.39 Å². The average molecular weight is 522 g/mol. The molecular weight excluding hydrogens is 483 g/mol. The van der Waals surface area contributed by atoms with Crippen LogP contribution in [0.3, 0.4) is 0 Å². The van der Waals surface area contributed by atoms with Crippen LogP contribution < -0.4 is 0 Å². The summed E-state index contributed by atoms with van der Waals surface area (Å²) >= 11 is 5.03. The highest BCUT2D eigenvalue weighted by molar-refractivity contribution is 7.80. The molecule has 37 heavy (non-hydrogen) atoms. The molecule has 1 saturated carbocycles. The summed E-state index contributed by atoms with van der Waals surface area (Å²) in [5, 5.41) is 16.8. The topological polar surface area (TPSA) is 46.3 Å². The minimum Gasteiger partial charge on any atom is -0.378 e. The standard InChI is InChI=1S/C31H37FN2O2S/c32-26-13-11-23(12-14-26)30(37)28-21-34(17-15-22(28)16-18-34)20-27-19-29(33-36-27)31(35,24-7-3-1-4-8-24)25-9-5-2-6-10-25/h1,3-4,7-8,11-14,19,22,25,28,30,35H,2,5-6,9-10,15-18,20-21H2/p+1/t22?,28-,30?,31?,34?/m1/s1. The minimum absolute atomic E-state index is 0.100. The number of hydrogen-bond donors (Lipinski definition) is 2. The second-order valence-electron chi connectivity index (χ2n) is 11.8. The number of nitrogens with zero attached hydrogens (tertiary/aromatic N) is 2. The number of aromatic nitrogens is 1. The molecule has 1 aliphatic carbocycles. The number of piperidine rings is 3. The number of quaternary nitrogens is 1. The molecule has 0 amide bonds. The molecule has 4 aliphatic rings. The van der Waals surface area contributed by atoms with Crippen molar-refractivity contribution in [3.63, 3.8) is 0 Å². The lowest BCUT2D eigenvalue weighted by molar-refractivity contribution is -0.960. The Labute approximate surface area is 224 Å². The first-order chi connectivity index (χ1) is 18.0. The average Bonchev–Trinajstić information content (AvgIpc) is 3.42. The number of hydrogen-bond acceptors (Lipinski definition) is 4. The zero-order chi connectivity index (χ0) is 25.5. The van der Waals surface area contributed by atoms with Gasteiger partial charge in [-0.3, -0.25) is 0 Å². The van der Waals surface area contributed by atoms with Gasteiger partial charge in [0.2, 0.25) is 0 Å². The largest absolute Gasteiger partial charge is 0.378 e. The van der Waals surface area contributed by atoms with E-state index >= 15 is 0 Å². The van der Waals surface area contributed by atoms with Gasteiger partial charge in [0, 0.05) is 30.1 Å². The molecular formula is C31H38FN2O2S+. The highest BCUT2D eigenvalue weighted by Gasteiger charge is 2.49. The molecule has 7 rings (SSSR count). The Hall–Kier alpha value is -2.15. The van der Waals surface area contributed by atoms with Crippen molar-refractivity contribution in [3.05, 3.63) is 89.1 Å². The molecule has 1 N–H and O–H groups in total. The van der Waals surface area contributed by atoms with Crippen LogP contribution in [0.4, 0.5) is 4.39 Å². The lowest BCUT2D eigenvalue weighted by Gasteiger charge is -2.53. The summed E-state index contributed by atoms with van der Waals surface area (Å²) in [6.45, 7) is 4.09. The number of halogens is 1. The number of fused-ring (bicyclic) bond motifs is 3. The van der Waals surface area contributed by atoms with E-state index in [9.17, 15) is 9.50 Å². The third kappa shape index (κ3) is 4.77. The minimum atomic E-state index is -1.13. The maximum absolute atomic E-state index is 13.5. The van der Waals surface area contributed by atoms with Crippen LogP contribution in [0.15, 0.2) is 65.2 Å². The van der Waals surface area contributed by atoms with E-state index in [2.05, 4.69) is 5.16 Å². The molecule has 4 nitrogen and oxygen atoms in total. The van der Waals surface area contributed by atoms with Crippen molar-refractivity contribution in [1.29, 1.82) is 0 Å². The highest BCUT2D eigenvalue weighted by Crippen LogP contribution is 2.47. The first-order valence-corrected chi connectivity index (χ1v) is 14.5. The molecule has 3 saturated heterocycles. The Morgan fingerprint density at radius 2 is 1.70 bits per heavy atom. The van der Waals surface area contributed by atoms with E-state index in [1.165, 1.54) is 19.3 Å². The van der Waals surface area contributed by atoms with Crippen LogP contribution in [-0.4, -0.2) is 34.4 Å². The van der Waals surface area contributed by atoms with Crippen molar-refractivity contribution in [3.8, 4) is 0 Å². The number of aliphatic hydroxyl groups is 1. The van der Waals surface area contributed by atoms with Crippen LogP contribution in [0.1, 0.15) is 72.8 Å². The van der Waals surface area contributed by atoms with Crippen molar-refractivity contribution in [2.45, 2.75) is 62.3 Å². The van der Waals surface area contributed by atoms with E-state index in [-0.39, 0.29) is 17.0 Å². The molecule has 3 aliphatic heterocycles. The number of rotatable bonds is 7. The van der Waals surface area contributed by atoms with Gasteiger partial charge >= 0.3 is 0 Å². The quantitative estimate of drug-likeness (QED) is 0.270. The second kappa shape index (κ2) is 10.2. The van der Waals surface area contributed by atoms with Crippen molar-refractivity contribution >= 4 is 12.6 Å². The fourth-order valence-corrected chi connectivity index (χ4v) is 8.04. The predicted molar refractivity (Wildman–Crippen MR) is 145 cm³/mol. The van der Waals surface area contributed by atoms with E-state index in [4.69, 9.17) is 17.2 Å². The molecule has 6 heteroatoms. The van der Waals surface area contributed by atoms with Gasteiger partial charge in [-0.2, -0.15) is 12.6 Å². The van der Waals surface area contributed by atoms with Crippen molar-refractivity contribution < 1.29 is 18.5 Å². The number of benzene rings is 2. The molecule has 1 aromatic heterocycles. The van der Waals surface area contributed by atoms with Gasteiger partial charge in [0.15, 0.2) is 5.76 Å². The lowest BCUT2D eigenvalue weighted by atomic mass is 9.71. The van der Waals surface area contributed by atoms with E-state index in [0.29, 0.717) is 17.5 Å². The Morgan fingerprint density at radius 1 is 1.00 bits per heavy atom. The molecule has 0 spiro atoms. The van der Waals surface area contributed by atoms with Crippen molar-refractivity contribution in [2.24, 2.45) is 17.8 Å². The predicted octanol–water partition coefficient (Wildman–Crippen LogP) is 6.66. The van der Waals surface area contributed by atoms with Gasteiger partial charge < -0.3 is 14.1 Å². The van der Waals surface area contributed by atoms with Crippen LogP contribution in [0.2, 0.25) is 0 Å². The highest BCUT2D eigenvalue weighted by atomic mass is 32.1. The van der Waals surface area contributed by atoms with E-state index in [0.717, 1.165) is 73.2 Å². The fraction of sp³-hybridized carbons (Fsp3) is 0.516. The maximum Gasteiger partial charge on any atom is 0.191 e. The van der Waals surface area contributed by atoms with E-state index < -0.39 is 5.60 Å². The third-order valence-electron chi connectivity index (χ3n) is 9.62. The van der Waals surface area contributed by atoms with Crippen LogP contribution >= 0.6 is 12.6 Å². The van der Waals surface area contributed by atoms with Gasteiger partial charge in [-0.15, -0.1) is 0 Å². The second-order valence-corrected chi connectivity index (χ2v) is 12.3. The Kier molecular flexibility index (Phi) is 6.93. The fourth-order valence-electron chi connectivity index (χ4n) is 7.53. The summed E-state index contributed by atoms with van der Waals surface area (Å²) in [4.78, 5) is 0.